The van der Waals surface area contributed by atoms with E-state index in [0.717, 1.165) is 12.0 Å². The summed E-state index contributed by atoms with van der Waals surface area (Å²) >= 11 is 0. The van der Waals surface area contributed by atoms with E-state index >= 15 is 0 Å². The number of hydrogen-bond acceptors (Lipinski definition) is 3. The van der Waals surface area contributed by atoms with Crippen molar-refractivity contribution in [3.8, 4) is 5.75 Å². The molecule has 0 radical (unpaired) electrons. The fraction of sp³-hybridized carbons (Fsp3) is 0.200. The molecule has 4 nitrogen and oxygen atoms in total. The third kappa shape index (κ3) is 2.37. The van der Waals surface area contributed by atoms with Crippen LogP contribution in [-0.2, 0) is 22.2 Å². The van der Waals surface area contributed by atoms with Gasteiger partial charge in [-0.3, -0.25) is 0 Å². The van der Waals surface area contributed by atoms with Crippen molar-refractivity contribution >= 4 is 10.0 Å². The van der Waals surface area contributed by atoms with Gasteiger partial charge in [0.15, 0.2) is 0 Å². The number of nitrogens with two attached hydrogens (primary N) is 1. The van der Waals surface area contributed by atoms with Crippen LogP contribution in [0.5, 0.6) is 5.75 Å². The molecular formula is C10H11NO3S. The Morgan fingerprint density at radius 1 is 1.40 bits per heavy atom. The van der Waals surface area contributed by atoms with Gasteiger partial charge in [-0.15, -0.1) is 0 Å². The van der Waals surface area contributed by atoms with E-state index in [-0.39, 0.29) is 5.75 Å². The Morgan fingerprint density at radius 2 is 2.20 bits per heavy atom. The molecule has 5 heteroatoms. The van der Waals surface area contributed by atoms with Gasteiger partial charge in [0.25, 0.3) is 0 Å². The van der Waals surface area contributed by atoms with E-state index < -0.39 is 10.0 Å². The summed E-state index contributed by atoms with van der Waals surface area (Å²) in [4.78, 5) is 0. The van der Waals surface area contributed by atoms with E-state index in [2.05, 4.69) is 0 Å². The lowest BCUT2D eigenvalue weighted by atomic mass is 10.1. The third-order valence-corrected chi connectivity index (χ3v) is 2.87. The van der Waals surface area contributed by atoms with Gasteiger partial charge in [0, 0.05) is 5.56 Å². The lowest BCUT2D eigenvalue weighted by molar-refractivity contribution is 0.460. The maximum absolute atomic E-state index is 11.0. The number of hydrogen-bond donors (Lipinski definition) is 1. The van der Waals surface area contributed by atoms with E-state index in [1.807, 2.05) is 18.2 Å². The lowest BCUT2D eigenvalue weighted by Gasteiger charge is -2.15. The van der Waals surface area contributed by atoms with Crippen LogP contribution in [0.3, 0.4) is 0 Å². The Bertz CT molecular complexity index is 505. The average molecular weight is 225 g/mol. The molecule has 1 aromatic carbocycles. The van der Waals surface area contributed by atoms with Crippen LogP contribution in [0.4, 0.5) is 0 Å². The number of para-hydroxylation sites is 1. The number of fused-ring (bicyclic) bond motifs is 1. The Morgan fingerprint density at radius 3 is 2.93 bits per heavy atom. The molecule has 0 aromatic heterocycles. The van der Waals surface area contributed by atoms with Gasteiger partial charge in [0.1, 0.15) is 5.75 Å². The van der Waals surface area contributed by atoms with Crippen molar-refractivity contribution in [1.82, 2.24) is 0 Å². The van der Waals surface area contributed by atoms with Crippen LogP contribution in [0, 0.1) is 0 Å². The molecule has 1 aliphatic rings. The molecule has 80 valence electrons. The van der Waals surface area contributed by atoms with E-state index in [1.54, 1.807) is 12.3 Å². The van der Waals surface area contributed by atoms with Crippen LogP contribution in [0.25, 0.3) is 0 Å². The number of ether oxygens (including phenoxy) is 1. The quantitative estimate of drug-likeness (QED) is 0.813. The molecule has 0 saturated carbocycles. The molecule has 1 aliphatic heterocycles. The minimum Gasteiger partial charge on any atom is -0.465 e. The second-order valence-electron chi connectivity index (χ2n) is 3.41. The summed E-state index contributed by atoms with van der Waals surface area (Å²) < 4.78 is 27.3. The topological polar surface area (TPSA) is 69.4 Å². The summed E-state index contributed by atoms with van der Waals surface area (Å²) in [6, 6.07) is 5.43. The Labute approximate surface area is 88.4 Å². The second-order valence-corrected chi connectivity index (χ2v) is 5.02. The molecule has 2 N–H and O–H groups in total. The van der Waals surface area contributed by atoms with E-state index in [4.69, 9.17) is 9.88 Å². The van der Waals surface area contributed by atoms with Gasteiger partial charge in [-0.05, 0) is 18.1 Å². The zero-order chi connectivity index (χ0) is 10.9. The highest BCUT2D eigenvalue weighted by atomic mass is 32.2. The normalized spacial score (nSPS) is 14.5. The third-order valence-electron chi connectivity index (χ3n) is 2.15. The fourth-order valence-electron chi connectivity index (χ4n) is 1.57. The minimum absolute atomic E-state index is 0.190. The maximum atomic E-state index is 11.0. The van der Waals surface area contributed by atoms with E-state index in [9.17, 15) is 8.42 Å². The molecule has 1 heterocycles. The van der Waals surface area contributed by atoms with Gasteiger partial charge < -0.3 is 4.74 Å². The van der Waals surface area contributed by atoms with Crippen molar-refractivity contribution in [3.63, 3.8) is 0 Å². The van der Waals surface area contributed by atoms with E-state index in [1.165, 1.54) is 0 Å². The van der Waals surface area contributed by atoms with Crippen molar-refractivity contribution in [2.75, 3.05) is 0 Å². The molecule has 15 heavy (non-hydrogen) atoms. The predicted octanol–water partition coefficient (Wildman–Crippen LogP) is 0.924. The van der Waals surface area contributed by atoms with Crippen LogP contribution in [0.15, 0.2) is 30.5 Å². The lowest BCUT2D eigenvalue weighted by Crippen LogP contribution is -2.15. The first-order valence-electron chi connectivity index (χ1n) is 4.49. The summed E-state index contributed by atoms with van der Waals surface area (Å²) in [6.07, 6.45) is 4.20. The van der Waals surface area contributed by atoms with Crippen LogP contribution >= 0.6 is 0 Å². The predicted molar refractivity (Wildman–Crippen MR) is 56.7 cm³/mol. The van der Waals surface area contributed by atoms with Crippen molar-refractivity contribution in [2.45, 2.75) is 12.2 Å². The largest absolute Gasteiger partial charge is 0.465 e. The van der Waals surface area contributed by atoms with Crippen molar-refractivity contribution in [2.24, 2.45) is 5.14 Å². The number of primary sulfonamides is 1. The number of benzene rings is 1. The number of sulfonamides is 1. The first kappa shape index (κ1) is 10.2. The van der Waals surface area contributed by atoms with Crippen molar-refractivity contribution in [3.05, 3.63) is 41.7 Å². The Hall–Kier alpha value is -1.33. The first-order chi connectivity index (χ1) is 7.06. The van der Waals surface area contributed by atoms with Crippen LogP contribution in [0.1, 0.15) is 11.1 Å². The molecule has 0 aliphatic carbocycles. The monoisotopic (exact) mass is 225 g/mol. The van der Waals surface area contributed by atoms with Crippen LogP contribution in [0.2, 0.25) is 0 Å². The SMILES string of the molecule is NS(=O)(=O)Cc1cccc2c1OC=CC2. The summed E-state index contributed by atoms with van der Waals surface area (Å²) in [5.74, 6) is 0.429. The molecule has 2 rings (SSSR count). The van der Waals surface area contributed by atoms with Crippen LogP contribution < -0.4 is 9.88 Å². The fourth-order valence-corrected chi connectivity index (χ4v) is 2.23. The van der Waals surface area contributed by atoms with Gasteiger partial charge in [0.2, 0.25) is 10.0 Å². The standard InChI is InChI=1S/C10H11NO3S/c11-15(12,13)7-9-4-1-3-8-5-2-6-14-10(8)9/h1-4,6H,5,7H2,(H2,11,12,13). The summed E-state index contributed by atoms with van der Waals surface area (Å²) in [5.41, 5.74) is 1.60. The van der Waals surface area contributed by atoms with Gasteiger partial charge in [-0.2, -0.15) is 0 Å². The molecule has 0 bridgehead atoms. The first-order valence-corrected chi connectivity index (χ1v) is 6.21. The molecule has 0 amide bonds. The molecule has 0 saturated heterocycles. The Kier molecular flexibility index (Phi) is 2.50. The minimum atomic E-state index is -3.51. The average Bonchev–Trinajstić information content (AvgIpc) is 2.16. The molecule has 1 aromatic rings. The van der Waals surface area contributed by atoms with Gasteiger partial charge in [-0.25, -0.2) is 13.6 Å². The van der Waals surface area contributed by atoms with Gasteiger partial charge >= 0.3 is 0 Å². The van der Waals surface area contributed by atoms with E-state index in [0.29, 0.717) is 11.3 Å². The van der Waals surface area contributed by atoms with Gasteiger partial charge in [0.05, 0.1) is 12.0 Å². The smallest absolute Gasteiger partial charge is 0.213 e. The number of allylic oxidation sites excluding steroid dienone is 1. The molecule has 0 atom stereocenters. The Balaban J connectivity index is 2.42. The molecule has 0 spiro atoms. The summed E-state index contributed by atoms with van der Waals surface area (Å²) in [5, 5.41) is 5.00. The van der Waals surface area contributed by atoms with Crippen LogP contribution in [-0.4, -0.2) is 8.42 Å². The maximum Gasteiger partial charge on any atom is 0.213 e. The van der Waals surface area contributed by atoms with Gasteiger partial charge in [-0.1, -0.05) is 18.2 Å². The zero-order valence-electron chi connectivity index (χ0n) is 8.01. The summed E-state index contributed by atoms with van der Waals surface area (Å²) in [6.45, 7) is 0. The molecular weight excluding hydrogens is 214 g/mol. The highest BCUT2D eigenvalue weighted by molar-refractivity contribution is 7.88. The highest BCUT2D eigenvalue weighted by Gasteiger charge is 2.15. The zero-order valence-corrected chi connectivity index (χ0v) is 8.83. The molecule has 0 unspecified atom stereocenters. The molecule has 0 fully saturated rings. The summed E-state index contributed by atoms with van der Waals surface area (Å²) in [7, 11) is -3.51. The second kappa shape index (κ2) is 3.67. The number of rotatable bonds is 2. The highest BCUT2D eigenvalue weighted by Crippen LogP contribution is 2.28. The van der Waals surface area contributed by atoms with Crippen molar-refractivity contribution in [1.29, 1.82) is 0 Å². The van der Waals surface area contributed by atoms with Crippen molar-refractivity contribution < 1.29 is 13.2 Å².